The number of hydrogen-bond acceptors (Lipinski definition) is 3. The Morgan fingerprint density at radius 2 is 1.09 bits per heavy atom. The molecule has 0 N–H and O–H groups in total. The Morgan fingerprint density at radius 3 is 1.77 bits per heavy atom. The number of ether oxygens (including phenoxy) is 1. The second-order valence-corrected chi connectivity index (χ2v) is 10.6. The number of fused-ring (bicyclic) bond motifs is 5. The summed E-state index contributed by atoms with van der Waals surface area (Å²) in [5.74, 6) is 1.21. The largest absolute Gasteiger partial charge is 2.00 e. The molecule has 2 heterocycles. The van der Waals surface area contributed by atoms with E-state index in [1.807, 2.05) is 67.8 Å². The predicted octanol–water partition coefficient (Wildman–Crippen LogP) is 9.98. The first kappa shape index (κ1) is 27.0. The van der Waals surface area contributed by atoms with Crippen molar-refractivity contribution >= 4 is 10.8 Å². The zero-order valence-electron chi connectivity index (χ0n) is 23.2. The molecule has 0 saturated heterocycles. The second kappa shape index (κ2) is 11.1. The number of aromatic nitrogens is 2. The molecule has 0 aliphatic heterocycles. The molecule has 0 saturated carbocycles. The van der Waals surface area contributed by atoms with Crippen LogP contribution in [0.2, 0.25) is 0 Å². The number of hydrogen-bond donors (Lipinski definition) is 0. The molecule has 0 spiro atoms. The third-order valence-electron chi connectivity index (χ3n) is 7.83. The normalized spacial score (nSPS) is 11.2. The zero-order chi connectivity index (χ0) is 28.0. The van der Waals surface area contributed by atoms with Crippen LogP contribution in [0.15, 0.2) is 128 Å². The van der Waals surface area contributed by atoms with Crippen molar-refractivity contribution in [2.75, 3.05) is 0 Å². The minimum Gasteiger partial charge on any atom is -0.497 e. The molecule has 0 unspecified atom stereocenters. The van der Waals surface area contributed by atoms with Gasteiger partial charge in [0.05, 0.1) is 0 Å². The fraction of sp³-hybridized carbons (Fsp3) is 0.0256. The van der Waals surface area contributed by atoms with Gasteiger partial charge in [-0.05, 0) is 62.5 Å². The molecule has 43 heavy (non-hydrogen) atoms. The van der Waals surface area contributed by atoms with Crippen LogP contribution in [0, 0.1) is 19.1 Å². The van der Waals surface area contributed by atoms with Gasteiger partial charge in [0.1, 0.15) is 0 Å². The van der Waals surface area contributed by atoms with E-state index in [2.05, 4.69) is 83.8 Å². The van der Waals surface area contributed by atoms with Crippen LogP contribution in [0.5, 0.6) is 11.5 Å². The minimum absolute atomic E-state index is 0. The molecule has 7 aromatic rings. The number of aryl methyl sites for hydroxylation is 1. The van der Waals surface area contributed by atoms with Crippen molar-refractivity contribution < 1.29 is 25.8 Å². The molecule has 4 heteroatoms. The van der Waals surface area contributed by atoms with Crippen LogP contribution in [-0.4, -0.2) is 9.97 Å². The Morgan fingerprint density at radius 1 is 0.512 bits per heavy atom. The maximum absolute atomic E-state index is 6.23. The smallest absolute Gasteiger partial charge is 0.497 e. The minimum atomic E-state index is 0. The molecule has 5 aromatic carbocycles. The zero-order valence-corrected chi connectivity index (χ0v) is 25.5. The van der Waals surface area contributed by atoms with Crippen molar-refractivity contribution in [3.05, 3.63) is 145 Å². The molecular weight excluding hydrogens is 708 g/mol. The molecule has 3 nitrogen and oxygen atoms in total. The van der Waals surface area contributed by atoms with Gasteiger partial charge in [-0.15, -0.1) is 47.5 Å². The van der Waals surface area contributed by atoms with Crippen LogP contribution >= 0.6 is 0 Å². The summed E-state index contributed by atoms with van der Waals surface area (Å²) in [5.41, 5.74) is 11.7. The van der Waals surface area contributed by atoms with Gasteiger partial charge in [-0.1, -0.05) is 91.0 Å². The Hall–Kier alpha value is -4.85. The fourth-order valence-corrected chi connectivity index (χ4v) is 5.84. The molecule has 206 valence electrons. The van der Waals surface area contributed by atoms with Gasteiger partial charge in [0.25, 0.3) is 0 Å². The Balaban J connectivity index is 0.00000300. The molecule has 1 aliphatic carbocycles. The summed E-state index contributed by atoms with van der Waals surface area (Å²) in [5, 5.41) is 2.50. The van der Waals surface area contributed by atoms with E-state index in [1.165, 1.54) is 33.0 Å². The number of benzene rings is 5. The molecular formula is C39H24N2OPt. The van der Waals surface area contributed by atoms with E-state index >= 15 is 0 Å². The van der Waals surface area contributed by atoms with Crippen LogP contribution in [0.25, 0.3) is 66.7 Å². The van der Waals surface area contributed by atoms with Gasteiger partial charge in [0.15, 0.2) is 0 Å². The number of nitrogens with zero attached hydrogens (tertiary/aromatic N) is 2. The monoisotopic (exact) mass is 731 g/mol. The molecule has 2 aromatic heterocycles. The van der Waals surface area contributed by atoms with Crippen LogP contribution in [-0.2, 0) is 21.1 Å². The molecule has 0 atom stereocenters. The molecule has 0 amide bonds. The van der Waals surface area contributed by atoms with Crippen LogP contribution in [0.1, 0.15) is 5.56 Å². The van der Waals surface area contributed by atoms with Gasteiger partial charge >= 0.3 is 21.1 Å². The molecule has 8 rings (SSSR count). The maximum atomic E-state index is 6.23. The first-order valence-electron chi connectivity index (χ1n) is 14.0. The van der Waals surface area contributed by atoms with Crippen molar-refractivity contribution in [3.63, 3.8) is 0 Å². The van der Waals surface area contributed by atoms with Gasteiger partial charge in [0, 0.05) is 29.5 Å². The predicted molar refractivity (Wildman–Crippen MR) is 169 cm³/mol. The first-order valence-corrected chi connectivity index (χ1v) is 14.0. The first-order chi connectivity index (χ1) is 20.7. The van der Waals surface area contributed by atoms with Crippen LogP contribution in [0.4, 0.5) is 0 Å². The number of pyridine rings is 2. The van der Waals surface area contributed by atoms with E-state index in [0.29, 0.717) is 11.5 Å². The van der Waals surface area contributed by atoms with Gasteiger partial charge in [0.2, 0.25) is 0 Å². The van der Waals surface area contributed by atoms with Gasteiger partial charge < -0.3 is 14.7 Å². The Bertz CT molecular complexity index is 2130. The van der Waals surface area contributed by atoms with Gasteiger partial charge in [-0.2, -0.15) is 0 Å². The summed E-state index contributed by atoms with van der Waals surface area (Å²) in [7, 11) is 0. The molecule has 0 radical (unpaired) electrons. The Kier molecular flexibility index (Phi) is 6.97. The topological polar surface area (TPSA) is 35.0 Å². The fourth-order valence-electron chi connectivity index (χ4n) is 5.84. The quantitative estimate of drug-likeness (QED) is 0.169. The average Bonchev–Trinajstić information content (AvgIpc) is 3.16. The van der Waals surface area contributed by atoms with E-state index in [9.17, 15) is 0 Å². The SMILES string of the molecule is Cc1ccc(-c2[c-]c(Oc3[c-]c(-c4cc5c(cn4)-c4ccccc4-c4cccc6cccc-5c46)ccc3)ccc2)nc1.[Pt+2]. The van der Waals surface area contributed by atoms with Crippen LogP contribution in [0.3, 0.4) is 0 Å². The van der Waals surface area contributed by atoms with Crippen molar-refractivity contribution in [1.29, 1.82) is 0 Å². The Labute approximate surface area is 265 Å². The maximum Gasteiger partial charge on any atom is 2.00 e. The van der Waals surface area contributed by atoms with Crippen molar-refractivity contribution in [3.8, 4) is 67.4 Å². The van der Waals surface area contributed by atoms with Crippen molar-refractivity contribution in [2.24, 2.45) is 0 Å². The van der Waals surface area contributed by atoms with E-state index in [0.717, 1.165) is 39.2 Å². The average molecular weight is 732 g/mol. The summed E-state index contributed by atoms with van der Waals surface area (Å²) in [6.07, 6.45) is 3.86. The molecule has 1 aliphatic rings. The van der Waals surface area contributed by atoms with Crippen LogP contribution < -0.4 is 4.74 Å². The summed E-state index contributed by atoms with van der Waals surface area (Å²) >= 11 is 0. The second-order valence-electron chi connectivity index (χ2n) is 10.6. The molecule has 0 fully saturated rings. The van der Waals surface area contributed by atoms with E-state index in [1.54, 1.807) is 0 Å². The van der Waals surface area contributed by atoms with Gasteiger partial charge in [-0.3, -0.25) is 0 Å². The van der Waals surface area contributed by atoms with Crippen molar-refractivity contribution in [1.82, 2.24) is 9.97 Å². The number of rotatable bonds is 4. The summed E-state index contributed by atoms with van der Waals surface area (Å²) < 4.78 is 6.23. The van der Waals surface area contributed by atoms with E-state index < -0.39 is 0 Å². The summed E-state index contributed by atoms with van der Waals surface area (Å²) in [6.45, 7) is 2.03. The van der Waals surface area contributed by atoms with E-state index in [4.69, 9.17) is 9.72 Å². The van der Waals surface area contributed by atoms with Gasteiger partial charge in [-0.25, -0.2) is 0 Å². The third kappa shape index (κ3) is 4.86. The standard InChI is InChI=1S/C39H24N2O.Pt/c1-25-18-19-37(40-23-25)27-10-4-12-29(20-27)42-30-13-5-11-28(21-30)38-22-35-34-17-7-9-26-8-6-16-33(39(26)34)31-14-2-3-15-32(31)36(35)24-41-38;/h2-19,22-24H,1H3;/q-2;+2. The summed E-state index contributed by atoms with van der Waals surface area (Å²) in [6, 6.07) is 46.5. The third-order valence-corrected chi connectivity index (χ3v) is 7.83. The summed E-state index contributed by atoms with van der Waals surface area (Å²) in [4.78, 5) is 9.47. The van der Waals surface area contributed by atoms with E-state index in [-0.39, 0.29) is 21.1 Å². The molecule has 0 bridgehead atoms. The van der Waals surface area contributed by atoms with Crippen molar-refractivity contribution in [2.45, 2.75) is 6.92 Å².